The van der Waals surface area contributed by atoms with Crippen LogP contribution >= 0.6 is 11.6 Å². The average molecular weight is 400 g/mol. The molecule has 0 bridgehead atoms. The monoisotopic (exact) mass is 399 g/mol. The van der Waals surface area contributed by atoms with Crippen LogP contribution in [0.5, 0.6) is 0 Å². The van der Waals surface area contributed by atoms with Gasteiger partial charge in [0.1, 0.15) is 0 Å². The molecule has 1 aliphatic heterocycles. The third-order valence-corrected chi connectivity index (χ3v) is 6.00. The largest absolute Gasteiger partial charge is 0.481 e. The third-order valence-electron chi connectivity index (χ3n) is 5.75. The minimum Gasteiger partial charge on any atom is -0.481 e. The molecule has 0 spiro atoms. The fraction of sp³-hybridized carbons (Fsp3) is 0.391. The minimum absolute atomic E-state index is 0.0759. The number of carbonyl (C=O) groups is 2. The van der Waals surface area contributed by atoms with Crippen LogP contribution in [0.25, 0.3) is 0 Å². The summed E-state index contributed by atoms with van der Waals surface area (Å²) in [4.78, 5) is 26.3. The summed E-state index contributed by atoms with van der Waals surface area (Å²) in [5.41, 5.74) is 3.62. The van der Waals surface area contributed by atoms with Crippen molar-refractivity contribution < 1.29 is 14.7 Å². The molecule has 1 atom stereocenters. The van der Waals surface area contributed by atoms with Gasteiger partial charge in [-0.3, -0.25) is 9.59 Å². The van der Waals surface area contributed by atoms with Gasteiger partial charge in [-0.05, 0) is 60.7 Å². The predicted molar refractivity (Wildman–Crippen MR) is 112 cm³/mol. The second-order valence-electron chi connectivity index (χ2n) is 7.91. The molecule has 0 saturated carbocycles. The molecule has 0 radical (unpaired) electrons. The lowest BCUT2D eigenvalue weighted by Gasteiger charge is -2.33. The first-order chi connectivity index (χ1) is 13.3. The van der Waals surface area contributed by atoms with E-state index < -0.39 is 5.97 Å². The van der Waals surface area contributed by atoms with E-state index >= 15 is 0 Å². The molecule has 148 valence electrons. The van der Waals surface area contributed by atoms with Gasteiger partial charge in [-0.1, -0.05) is 44.5 Å². The van der Waals surface area contributed by atoms with Crippen molar-refractivity contribution in [2.75, 3.05) is 4.90 Å². The Bertz CT molecular complexity index is 889. The van der Waals surface area contributed by atoms with Gasteiger partial charge in [0.15, 0.2) is 0 Å². The van der Waals surface area contributed by atoms with Gasteiger partial charge in [0.2, 0.25) is 0 Å². The average Bonchev–Trinajstić information content (AvgIpc) is 2.88. The maximum Gasteiger partial charge on any atom is 0.303 e. The number of nitrogens with zero attached hydrogens (tertiary/aromatic N) is 1. The molecule has 1 amide bonds. The molecular weight excluding hydrogens is 374 g/mol. The van der Waals surface area contributed by atoms with Crippen LogP contribution in [0.15, 0.2) is 42.5 Å². The first kappa shape index (κ1) is 20.4. The molecule has 4 nitrogen and oxygen atoms in total. The zero-order valence-electron chi connectivity index (χ0n) is 16.5. The number of carbonyl (C=O) groups excluding carboxylic acids is 1. The van der Waals surface area contributed by atoms with Crippen LogP contribution in [0.4, 0.5) is 5.69 Å². The van der Waals surface area contributed by atoms with Crippen molar-refractivity contribution >= 4 is 29.2 Å². The zero-order valence-corrected chi connectivity index (χ0v) is 17.3. The molecule has 2 aromatic rings. The van der Waals surface area contributed by atoms with Crippen LogP contribution in [-0.4, -0.2) is 23.0 Å². The number of rotatable bonds is 6. The van der Waals surface area contributed by atoms with Crippen molar-refractivity contribution in [2.45, 2.75) is 57.9 Å². The maximum absolute atomic E-state index is 13.4. The van der Waals surface area contributed by atoms with E-state index in [1.807, 2.05) is 11.0 Å². The molecule has 0 aromatic heterocycles. The maximum atomic E-state index is 13.4. The smallest absolute Gasteiger partial charge is 0.303 e. The first-order valence-corrected chi connectivity index (χ1v) is 10.1. The number of amides is 1. The van der Waals surface area contributed by atoms with Crippen molar-refractivity contribution in [3.8, 4) is 0 Å². The van der Waals surface area contributed by atoms with Gasteiger partial charge >= 0.3 is 5.97 Å². The number of fused-ring (bicyclic) bond motifs is 1. The highest BCUT2D eigenvalue weighted by molar-refractivity contribution is 6.30. The molecule has 0 aliphatic carbocycles. The first-order valence-electron chi connectivity index (χ1n) is 9.70. The van der Waals surface area contributed by atoms with Crippen molar-refractivity contribution in [3.05, 3.63) is 64.2 Å². The number of aliphatic carboxylic acids is 1. The Kier molecular flexibility index (Phi) is 5.80. The number of carboxylic acids is 1. The van der Waals surface area contributed by atoms with E-state index in [4.69, 9.17) is 16.7 Å². The number of anilines is 1. The normalized spacial score (nSPS) is 17.4. The van der Waals surface area contributed by atoms with E-state index in [0.717, 1.165) is 17.7 Å². The molecule has 1 unspecified atom stereocenters. The topological polar surface area (TPSA) is 57.6 Å². The number of halogens is 1. The summed E-state index contributed by atoms with van der Waals surface area (Å²) in [6.45, 7) is 6.41. The van der Waals surface area contributed by atoms with Crippen LogP contribution in [-0.2, 0) is 16.6 Å². The van der Waals surface area contributed by atoms with Crippen LogP contribution in [0.3, 0.4) is 0 Å². The lowest BCUT2D eigenvalue weighted by molar-refractivity contribution is -0.137. The Balaban J connectivity index is 2.03. The Morgan fingerprint density at radius 2 is 1.82 bits per heavy atom. The molecule has 0 saturated heterocycles. The van der Waals surface area contributed by atoms with Crippen LogP contribution < -0.4 is 4.90 Å². The molecule has 1 heterocycles. The predicted octanol–water partition coefficient (Wildman–Crippen LogP) is 5.46. The molecule has 1 aliphatic rings. The van der Waals surface area contributed by atoms with Gasteiger partial charge in [0, 0.05) is 34.2 Å². The third kappa shape index (κ3) is 3.79. The van der Waals surface area contributed by atoms with E-state index in [0.29, 0.717) is 23.4 Å². The SMILES string of the molecule is CCc1ccc2c(c1)C(C)(C)C(CCCC(=O)O)N2C(=O)c1ccc(Cl)cc1. The Labute approximate surface area is 171 Å². The highest BCUT2D eigenvalue weighted by Gasteiger charge is 2.46. The van der Waals surface area contributed by atoms with Crippen molar-refractivity contribution in [1.29, 1.82) is 0 Å². The summed E-state index contributed by atoms with van der Waals surface area (Å²) in [5.74, 6) is -0.884. The van der Waals surface area contributed by atoms with Gasteiger partial charge in [-0.15, -0.1) is 0 Å². The van der Waals surface area contributed by atoms with Crippen molar-refractivity contribution in [1.82, 2.24) is 0 Å². The molecule has 0 fully saturated rings. The summed E-state index contributed by atoms with van der Waals surface area (Å²) in [6, 6.07) is 13.1. The lowest BCUT2D eigenvalue weighted by atomic mass is 9.78. The highest BCUT2D eigenvalue weighted by Crippen LogP contribution is 2.47. The lowest BCUT2D eigenvalue weighted by Crippen LogP contribution is -2.45. The fourth-order valence-electron chi connectivity index (χ4n) is 4.12. The van der Waals surface area contributed by atoms with Gasteiger partial charge < -0.3 is 10.0 Å². The Morgan fingerprint density at radius 3 is 2.43 bits per heavy atom. The van der Waals surface area contributed by atoms with Crippen LogP contribution in [0.2, 0.25) is 5.02 Å². The minimum atomic E-state index is -0.808. The summed E-state index contributed by atoms with van der Waals surface area (Å²) in [7, 11) is 0. The molecule has 28 heavy (non-hydrogen) atoms. The summed E-state index contributed by atoms with van der Waals surface area (Å²) in [5, 5.41) is 9.63. The number of benzene rings is 2. The van der Waals surface area contributed by atoms with Gasteiger partial charge in [0.05, 0.1) is 0 Å². The number of hydrogen-bond acceptors (Lipinski definition) is 2. The Hall–Kier alpha value is -2.33. The number of carboxylic acid groups (broad SMARTS) is 1. The van der Waals surface area contributed by atoms with E-state index in [1.165, 1.54) is 5.56 Å². The number of aryl methyl sites for hydroxylation is 1. The van der Waals surface area contributed by atoms with Crippen LogP contribution in [0.1, 0.15) is 61.5 Å². The standard InChI is InChI=1S/C23H26ClNO3/c1-4-15-8-13-19-18(14-15)23(2,3)20(6-5-7-21(26)27)25(19)22(28)16-9-11-17(24)12-10-16/h8-14,20H,4-7H2,1-3H3,(H,26,27). The van der Waals surface area contributed by atoms with Gasteiger partial charge in [0.25, 0.3) is 5.91 Å². The molecular formula is C23H26ClNO3. The summed E-state index contributed by atoms with van der Waals surface area (Å²) in [6.07, 6.45) is 2.20. The Morgan fingerprint density at radius 1 is 1.14 bits per heavy atom. The molecule has 1 N–H and O–H groups in total. The quantitative estimate of drug-likeness (QED) is 0.701. The zero-order chi connectivity index (χ0) is 20.5. The van der Waals surface area contributed by atoms with E-state index in [-0.39, 0.29) is 23.8 Å². The van der Waals surface area contributed by atoms with Crippen molar-refractivity contribution in [2.24, 2.45) is 0 Å². The fourth-order valence-corrected chi connectivity index (χ4v) is 4.24. The van der Waals surface area contributed by atoms with E-state index in [2.05, 4.69) is 32.9 Å². The van der Waals surface area contributed by atoms with Gasteiger partial charge in [-0.2, -0.15) is 0 Å². The number of hydrogen-bond donors (Lipinski definition) is 1. The van der Waals surface area contributed by atoms with Crippen LogP contribution in [0, 0.1) is 0 Å². The highest BCUT2D eigenvalue weighted by atomic mass is 35.5. The summed E-state index contributed by atoms with van der Waals surface area (Å²) < 4.78 is 0. The summed E-state index contributed by atoms with van der Waals surface area (Å²) >= 11 is 5.98. The molecule has 3 rings (SSSR count). The second-order valence-corrected chi connectivity index (χ2v) is 8.35. The van der Waals surface area contributed by atoms with Crippen molar-refractivity contribution in [3.63, 3.8) is 0 Å². The van der Waals surface area contributed by atoms with Gasteiger partial charge in [-0.25, -0.2) is 0 Å². The molecule has 5 heteroatoms. The van der Waals surface area contributed by atoms with E-state index in [9.17, 15) is 9.59 Å². The van der Waals surface area contributed by atoms with E-state index in [1.54, 1.807) is 24.3 Å². The molecule has 2 aromatic carbocycles. The second kappa shape index (κ2) is 7.96.